The standard InChI is InChI=1S/C10H20N2O/c1-12(2,3)8-9-6-4-5-7-10(9)11-13/h9H,4-8H2,1-3H3/p+1/b11-10-/t9-/m1/s1. The second kappa shape index (κ2) is 4.09. The monoisotopic (exact) mass is 185 g/mol. The van der Waals surface area contributed by atoms with Crippen LogP contribution in [0.25, 0.3) is 0 Å². The van der Waals surface area contributed by atoms with Crippen LogP contribution in [0.2, 0.25) is 0 Å². The fourth-order valence-corrected chi connectivity index (χ4v) is 2.06. The molecule has 1 rings (SSSR count). The van der Waals surface area contributed by atoms with E-state index in [1.165, 1.54) is 19.3 Å². The average molecular weight is 185 g/mol. The van der Waals surface area contributed by atoms with E-state index in [9.17, 15) is 0 Å². The first-order chi connectivity index (χ1) is 6.03. The van der Waals surface area contributed by atoms with Gasteiger partial charge in [0.2, 0.25) is 0 Å². The lowest BCUT2D eigenvalue weighted by Crippen LogP contribution is -2.42. The number of rotatable bonds is 2. The predicted octanol–water partition coefficient (Wildman–Crippen LogP) is 1.71. The van der Waals surface area contributed by atoms with Crippen LogP contribution in [0.1, 0.15) is 25.7 Å². The maximum Gasteiger partial charge on any atom is 0.0863 e. The summed E-state index contributed by atoms with van der Waals surface area (Å²) in [5, 5.41) is 12.3. The minimum Gasteiger partial charge on any atom is -0.411 e. The van der Waals surface area contributed by atoms with Crippen LogP contribution in [0, 0.1) is 5.92 Å². The van der Waals surface area contributed by atoms with Crippen LogP contribution < -0.4 is 0 Å². The van der Waals surface area contributed by atoms with E-state index in [4.69, 9.17) is 5.21 Å². The second-order valence-electron chi connectivity index (χ2n) is 5.01. The normalized spacial score (nSPS) is 27.9. The van der Waals surface area contributed by atoms with Crippen molar-refractivity contribution in [1.82, 2.24) is 0 Å². The Hall–Kier alpha value is -0.570. The number of nitrogens with zero attached hydrogens (tertiary/aromatic N) is 2. The first kappa shape index (κ1) is 10.5. The molecule has 0 bridgehead atoms. The van der Waals surface area contributed by atoms with E-state index < -0.39 is 0 Å². The highest BCUT2D eigenvalue weighted by Crippen LogP contribution is 2.23. The van der Waals surface area contributed by atoms with Gasteiger partial charge in [0.15, 0.2) is 0 Å². The highest BCUT2D eigenvalue weighted by atomic mass is 16.4. The largest absolute Gasteiger partial charge is 0.411 e. The molecule has 13 heavy (non-hydrogen) atoms. The molecule has 1 fully saturated rings. The van der Waals surface area contributed by atoms with Crippen LogP contribution in [0.15, 0.2) is 5.16 Å². The van der Waals surface area contributed by atoms with E-state index in [0.717, 1.165) is 23.2 Å². The van der Waals surface area contributed by atoms with Gasteiger partial charge in [-0.3, -0.25) is 0 Å². The van der Waals surface area contributed by atoms with Crippen molar-refractivity contribution in [1.29, 1.82) is 0 Å². The van der Waals surface area contributed by atoms with Gasteiger partial charge in [-0.15, -0.1) is 0 Å². The molecule has 0 radical (unpaired) electrons. The Morgan fingerprint density at radius 1 is 1.38 bits per heavy atom. The quantitative estimate of drug-likeness (QED) is 0.396. The van der Waals surface area contributed by atoms with E-state index in [-0.39, 0.29) is 0 Å². The Morgan fingerprint density at radius 3 is 2.62 bits per heavy atom. The van der Waals surface area contributed by atoms with Crippen molar-refractivity contribution < 1.29 is 9.69 Å². The van der Waals surface area contributed by atoms with Gasteiger partial charge in [0.25, 0.3) is 0 Å². The van der Waals surface area contributed by atoms with Crippen molar-refractivity contribution in [2.24, 2.45) is 11.1 Å². The zero-order valence-corrected chi connectivity index (χ0v) is 8.95. The second-order valence-corrected chi connectivity index (χ2v) is 5.01. The molecule has 3 heteroatoms. The SMILES string of the molecule is C[N+](C)(C)C[C@H]1CCCC/C1=N/O. The molecule has 0 aromatic rings. The summed E-state index contributed by atoms with van der Waals surface area (Å²) >= 11 is 0. The van der Waals surface area contributed by atoms with Crippen LogP contribution in [0.5, 0.6) is 0 Å². The molecule has 0 aromatic heterocycles. The van der Waals surface area contributed by atoms with Crippen LogP contribution in [0.3, 0.4) is 0 Å². The third kappa shape index (κ3) is 3.35. The maximum atomic E-state index is 8.84. The third-order valence-electron chi connectivity index (χ3n) is 2.60. The smallest absolute Gasteiger partial charge is 0.0863 e. The lowest BCUT2D eigenvalue weighted by Gasteiger charge is -2.31. The van der Waals surface area contributed by atoms with Crippen molar-refractivity contribution in [3.05, 3.63) is 0 Å². The van der Waals surface area contributed by atoms with Gasteiger partial charge in [-0.2, -0.15) is 0 Å². The lowest BCUT2D eigenvalue weighted by molar-refractivity contribution is -0.872. The molecular weight excluding hydrogens is 164 g/mol. The molecule has 0 unspecified atom stereocenters. The van der Waals surface area contributed by atoms with Crippen LogP contribution in [0.4, 0.5) is 0 Å². The van der Waals surface area contributed by atoms with Crippen molar-refractivity contribution in [2.75, 3.05) is 27.7 Å². The highest BCUT2D eigenvalue weighted by molar-refractivity contribution is 5.86. The van der Waals surface area contributed by atoms with Gasteiger partial charge in [0.1, 0.15) is 0 Å². The summed E-state index contributed by atoms with van der Waals surface area (Å²) in [7, 11) is 6.55. The summed E-state index contributed by atoms with van der Waals surface area (Å²) in [5.74, 6) is 0.499. The summed E-state index contributed by atoms with van der Waals surface area (Å²) in [5.41, 5.74) is 1.01. The third-order valence-corrected chi connectivity index (χ3v) is 2.60. The minimum atomic E-state index is 0.499. The molecular formula is C10H21N2O+. The summed E-state index contributed by atoms with van der Waals surface area (Å²) in [6.45, 7) is 1.08. The summed E-state index contributed by atoms with van der Waals surface area (Å²) in [6, 6.07) is 0. The molecule has 76 valence electrons. The van der Waals surface area contributed by atoms with E-state index in [2.05, 4.69) is 26.3 Å². The van der Waals surface area contributed by atoms with Crippen molar-refractivity contribution in [2.45, 2.75) is 25.7 Å². The molecule has 0 aliphatic heterocycles. The number of hydrogen-bond donors (Lipinski definition) is 1. The van der Waals surface area contributed by atoms with Gasteiger partial charge in [0.05, 0.1) is 33.4 Å². The average Bonchev–Trinajstić information content (AvgIpc) is 2.02. The lowest BCUT2D eigenvalue weighted by atomic mass is 9.86. The van der Waals surface area contributed by atoms with Gasteiger partial charge < -0.3 is 9.69 Å². The van der Waals surface area contributed by atoms with Gasteiger partial charge in [-0.1, -0.05) is 11.6 Å². The molecule has 0 saturated heterocycles. The maximum absolute atomic E-state index is 8.84. The minimum absolute atomic E-state index is 0.499. The van der Waals surface area contributed by atoms with E-state index in [0.29, 0.717) is 5.92 Å². The predicted molar refractivity (Wildman–Crippen MR) is 54.1 cm³/mol. The number of hydrogen-bond acceptors (Lipinski definition) is 2. The Kier molecular flexibility index (Phi) is 3.31. The van der Waals surface area contributed by atoms with E-state index in [1.54, 1.807) is 0 Å². The highest BCUT2D eigenvalue weighted by Gasteiger charge is 2.26. The fourth-order valence-electron chi connectivity index (χ4n) is 2.06. The van der Waals surface area contributed by atoms with Gasteiger partial charge in [-0.05, 0) is 19.3 Å². The molecule has 1 N–H and O–H groups in total. The number of oxime groups is 1. The molecule has 0 amide bonds. The van der Waals surface area contributed by atoms with Gasteiger partial charge in [0, 0.05) is 5.92 Å². The Balaban J connectivity index is 2.56. The van der Waals surface area contributed by atoms with Gasteiger partial charge in [-0.25, -0.2) is 0 Å². The van der Waals surface area contributed by atoms with E-state index >= 15 is 0 Å². The summed E-state index contributed by atoms with van der Waals surface area (Å²) in [6.07, 6.45) is 4.65. The molecule has 1 atom stereocenters. The Bertz CT molecular complexity index is 194. The molecule has 1 saturated carbocycles. The first-order valence-corrected chi connectivity index (χ1v) is 5.04. The molecule has 1 aliphatic rings. The topological polar surface area (TPSA) is 32.6 Å². The molecule has 0 aromatic carbocycles. The molecule has 0 spiro atoms. The van der Waals surface area contributed by atoms with Crippen LogP contribution in [-0.2, 0) is 0 Å². The first-order valence-electron chi connectivity index (χ1n) is 5.04. The zero-order valence-electron chi connectivity index (χ0n) is 8.95. The summed E-state index contributed by atoms with van der Waals surface area (Å²) < 4.78 is 0.948. The molecule has 0 heterocycles. The van der Waals surface area contributed by atoms with Gasteiger partial charge >= 0.3 is 0 Å². The Morgan fingerprint density at radius 2 is 2.08 bits per heavy atom. The molecule has 1 aliphatic carbocycles. The summed E-state index contributed by atoms with van der Waals surface area (Å²) in [4.78, 5) is 0. The Labute approximate surface area is 80.6 Å². The van der Waals surface area contributed by atoms with Crippen molar-refractivity contribution in [3.8, 4) is 0 Å². The van der Waals surface area contributed by atoms with Crippen molar-refractivity contribution in [3.63, 3.8) is 0 Å². The number of quaternary nitrogens is 1. The van der Waals surface area contributed by atoms with Crippen molar-refractivity contribution >= 4 is 5.71 Å². The molecule has 3 nitrogen and oxygen atoms in total. The van der Waals surface area contributed by atoms with E-state index in [1.807, 2.05) is 0 Å². The fraction of sp³-hybridized carbons (Fsp3) is 0.900. The van der Waals surface area contributed by atoms with Crippen LogP contribution in [-0.4, -0.2) is 43.1 Å². The zero-order chi connectivity index (χ0) is 9.90. The van der Waals surface area contributed by atoms with Crippen LogP contribution >= 0.6 is 0 Å².